The molecule has 0 saturated carbocycles. The molecule has 1 aromatic carbocycles. The maximum Gasteiger partial charge on any atom is 0.303 e. The van der Waals surface area contributed by atoms with Gasteiger partial charge in [-0.2, -0.15) is 0 Å². The third-order valence-electron chi connectivity index (χ3n) is 3.09. The van der Waals surface area contributed by atoms with Crippen molar-refractivity contribution in [1.82, 2.24) is 0 Å². The minimum Gasteiger partial charge on any atom is -0.497 e. The van der Waals surface area contributed by atoms with Gasteiger partial charge in [0.25, 0.3) is 0 Å². The molecule has 0 heterocycles. The lowest BCUT2D eigenvalue weighted by molar-refractivity contribution is -0.136. The number of fused-ring (bicyclic) bond motifs is 1. The summed E-state index contributed by atoms with van der Waals surface area (Å²) in [5.74, 6) is 0.151. The minimum absolute atomic E-state index is 0.220. The lowest BCUT2D eigenvalue weighted by atomic mass is 9.90. The van der Waals surface area contributed by atoms with Crippen molar-refractivity contribution in [3.05, 3.63) is 34.9 Å². The van der Waals surface area contributed by atoms with Gasteiger partial charge in [-0.25, -0.2) is 0 Å². The first kappa shape index (κ1) is 11.7. The van der Waals surface area contributed by atoms with Gasteiger partial charge in [0.1, 0.15) is 5.75 Å². The van der Waals surface area contributed by atoms with Crippen molar-refractivity contribution in [3.8, 4) is 5.75 Å². The van der Waals surface area contributed by atoms with E-state index in [-0.39, 0.29) is 6.42 Å². The number of aryl methyl sites for hydroxylation is 1. The normalized spacial score (nSPS) is 13.8. The van der Waals surface area contributed by atoms with Crippen LogP contribution >= 0.6 is 0 Å². The molecule has 3 nitrogen and oxygen atoms in total. The number of carbonyl (C=O) groups is 1. The van der Waals surface area contributed by atoms with Gasteiger partial charge < -0.3 is 9.84 Å². The Morgan fingerprint density at radius 2 is 2.24 bits per heavy atom. The highest BCUT2D eigenvalue weighted by Gasteiger charge is 2.12. The lowest BCUT2D eigenvalue weighted by Gasteiger charge is -2.16. The zero-order valence-electron chi connectivity index (χ0n) is 9.90. The van der Waals surface area contributed by atoms with Gasteiger partial charge in [0, 0.05) is 6.42 Å². The highest BCUT2D eigenvalue weighted by atomic mass is 16.5. The molecule has 0 saturated heterocycles. The van der Waals surface area contributed by atoms with Crippen LogP contribution in [0.4, 0.5) is 0 Å². The molecule has 0 aromatic heterocycles. The van der Waals surface area contributed by atoms with E-state index in [9.17, 15) is 4.79 Å². The Hall–Kier alpha value is -1.77. The zero-order chi connectivity index (χ0) is 12.3. The molecular formula is C14H16O3. The number of carboxylic acid groups (broad SMARTS) is 1. The Balaban J connectivity index is 2.14. The number of ether oxygens (including phenoxy) is 1. The Bertz CT molecular complexity index is 461. The summed E-state index contributed by atoms with van der Waals surface area (Å²) in [6.07, 6.45) is 4.91. The quantitative estimate of drug-likeness (QED) is 0.868. The van der Waals surface area contributed by atoms with Gasteiger partial charge in [0.05, 0.1) is 7.11 Å². The maximum absolute atomic E-state index is 10.5. The van der Waals surface area contributed by atoms with E-state index in [2.05, 4.69) is 12.1 Å². The summed E-state index contributed by atoms with van der Waals surface area (Å²) in [7, 11) is 1.67. The molecule has 1 aliphatic carbocycles. The van der Waals surface area contributed by atoms with E-state index in [1.807, 2.05) is 12.1 Å². The van der Waals surface area contributed by atoms with Crippen molar-refractivity contribution in [2.75, 3.05) is 7.11 Å². The van der Waals surface area contributed by atoms with Crippen LogP contribution in [0.5, 0.6) is 5.75 Å². The number of allylic oxidation sites excluding steroid dienone is 1. The van der Waals surface area contributed by atoms with Gasteiger partial charge >= 0.3 is 5.97 Å². The highest BCUT2D eigenvalue weighted by Crippen LogP contribution is 2.29. The fourth-order valence-corrected chi connectivity index (χ4v) is 2.12. The van der Waals surface area contributed by atoms with Gasteiger partial charge in [0.15, 0.2) is 0 Å². The number of methoxy groups -OCH3 is 1. The molecule has 0 radical (unpaired) electrons. The highest BCUT2D eigenvalue weighted by molar-refractivity contribution is 5.68. The van der Waals surface area contributed by atoms with E-state index < -0.39 is 5.97 Å². The molecule has 2 rings (SSSR count). The second-order valence-corrected chi connectivity index (χ2v) is 4.26. The van der Waals surface area contributed by atoms with E-state index in [0.29, 0.717) is 6.42 Å². The summed E-state index contributed by atoms with van der Waals surface area (Å²) in [5, 5.41) is 8.66. The zero-order valence-corrected chi connectivity index (χ0v) is 9.90. The monoisotopic (exact) mass is 232 g/mol. The third kappa shape index (κ3) is 2.87. The molecule has 1 aliphatic rings. The fourth-order valence-electron chi connectivity index (χ4n) is 2.12. The Kier molecular flexibility index (Phi) is 3.47. The van der Waals surface area contributed by atoms with Crippen molar-refractivity contribution >= 4 is 12.0 Å². The first-order chi connectivity index (χ1) is 8.19. The molecule has 0 bridgehead atoms. The number of hydrogen-bond donors (Lipinski definition) is 1. The number of rotatable bonds is 4. The summed E-state index contributed by atoms with van der Waals surface area (Å²) >= 11 is 0. The molecule has 90 valence electrons. The number of benzene rings is 1. The molecule has 0 amide bonds. The van der Waals surface area contributed by atoms with E-state index >= 15 is 0 Å². The van der Waals surface area contributed by atoms with Gasteiger partial charge in [-0.3, -0.25) is 4.79 Å². The van der Waals surface area contributed by atoms with E-state index in [0.717, 1.165) is 18.6 Å². The molecule has 0 atom stereocenters. The maximum atomic E-state index is 10.5. The summed E-state index contributed by atoms with van der Waals surface area (Å²) in [6, 6.07) is 6.03. The van der Waals surface area contributed by atoms with Crippen LogP contribution in [0.2, 0.25) is 0 Å². The van der Waals surface area contributed by atoms with Crippen LogP contribution in [0.15, 0.2) is 23.8 Å². The molecular weight excluding hydrogens is 216 g/mol. The topological polar surface area (TPSA) is 46.5 Å². The molecule has 1 N–H and O–H groups in total. The number of hydrogen-bond acceptors (Lipinski definition) is 2. The number of carboxylic acids is 1. The molecule has 0 aliphatic heterocycles. The van der Waals surface area contributed by atoms with Crippen LogP contribution in [0.1, 0.15) is 30.4 Å². The van der Waals surface area contributed by atoms with Gasteiger partial charge in [-0.15, -0.1) is 0 Å². The largest absolute Gasteiger partial charge is 0.497 e. The third-order valence-corrected chi connectivity index (χ3v) is 3.09. The molecule has 1 aromatic rings. The summed E-state index contributed by atoms with van der Waals surface area (Å²) in [4.78, 5) is 10.5. The fraction of sp³-hybridized carbons (Fsp3) is 0.357. The van der Waals surface area contributed by atoms with Crippen LogP contribution < -0.4 is 4.74 Å². The Labute approximate surface area is 101 Å². The first-order valence-corrected chi connectivity index (χ1v) is 5.77. The van der Waals surface area contributed by atoms with Crippen LogP contribution in [-0.2, 0) is 11.2 Å². The second-order valence-electron chi connectivity index (χ2n) is 4.26. The van der Waals surface area contributed by atoms with Crippen LogP contribution in [0.3, 0.4) is 0 Å². The van der Waals surface area contributed by atoms with Crippen molar-refractivity contribution in [3.63, 3.8) is 0 Å². The minimum atomic E-state index is -0.730. The van der Waals surface area contributed by atoms with Crippen molar-refractivity contribution in [2.24, 2.45) is 0 Å². The van der Waals surface area contributed by atoms with E-state index in [1.165, 1.54) is 16.7 Å². The van der Waals surface area contributed by atoms with Crippen molar-refractivity contribution in [2.45, 2.75) is 25.7 Å². The van der Waals surface area contributed by atoms with Crippen molar-refractivity contribution < 1.29 is 14.6 Å². The lowest BCUT2D eigenvalue weighted by Crippen LogP contribution is -2.02. The van der Waals surface area contributed by atoms with E-state index in [4.69, 9.17) is 9.84 Å². The first-order valence-electron chi connectivity index (χ1n) is 5.77. The summed E-state index contributed by atoms with van der Waals surface area (Å²) < 4.78 is 5.19. The molecule has 3 heteroatoms. The molecule has 0 unspecified atom stereocenters. The average Bonchev–Trinajstić information content (AvgIpc) is 2.35. The second kappa shape index (κ2) is 5.04. The van der Waals surface area contributed by atoms with Crippen LogP contribution in [0.25, 0.3) is 6.08 Å². The summed E-state index contributed by atoms with van der Waals surface area (Å²) in [5.41, 5.74) is 3.70. The SMILES string of the molecule is COc1ccc2c(c1)CCC(CCC(=O)O)=C2. The van der Waals surface area contributed by atoms with Crippen LogP contribution in [0, 0.1) is 0 Å². The smallest absolute Gasteiger partial charge is 0.303 e. The van der Waals surface area contributed by atoms with Crippen molar-refractivity contribution in [1.29, 1.82) is 0 Å². The van der Waals surface area contributed by atoms with E-state index in [1.54, 1.807) is 7.11 Å². The Morgan fingerprint density at radius 3 is 2.94 bits per heavy atom. The molecule has 17 heavy (non-hydrogen) atoms. The number of aliphatic carboxylic acids is 1. The molecule has 0 fully saturated rings. The van der Waals surface area contributed by atoms with Gasteiger partial charge in [-0.1, -0.05) is 17.7 Å². The average molecular weight is 232 g/mol. The predicted molar refractivity (Wildman–Crippen MR) is 66.2 cm³/mol. The van der Waals surface area contributed by atoms with Gasteiger partial charge in [0.2, 0.25) is 0 Å². The van der Waals surface area contributed by atoms with Gasteiger partial charge in [-0.05, 0) is 42.5 Å². The summed E-state index contributed by atoms with van der Waals surface area (Å²) in [6.45, 7) is 0. The standard InChI is InChI=1S/C14H16O3/c1-17-13-6-5-11-8-10(3-7-14(15)16)2-4-12(11)9-13/h5-6,8-9H,2-4,7H2,1H3,(H,15,16). The van der Waals surface area contributed by atoms with Crippen LogP contribution in [-0.4, -0.2) is 18.2 Å². The predicted octanol–water partition coefficient (Wildman–Crippen LogP) is 2.89. The molecule has 0 spiro atoms. The Morgan fingerprint density at radius 1 is 1.41 bits per heavy atom.